The van der Waals surface area contributed by atoms with Crippen molar-refractivity contribution >= 4 is 11.8 Å². The molecule has 1 saturated heterocycles. The van der Waals surface area contributed by atoms with Crippen molar-refractivity contribution in [2.24, 2.45) is 5.92 Å². The van der Waals surface area contributed by atoms with Gasteiger partial charge >= 0.3 is 0 Å². The summed E-state index contributed by atoms with van der Waals surface area (Å²) in [7, 11) is 1.60. The summed E-state index contributed by atoms with van der Waals surface area (Å²) in [5.74, 6) is 0.848. The Morgan fingerprint density at radius 1 is 1.12 bits per heavy atom. The van der Waals surface area contributed by atoms with Crippen LogP contribution in [-0.2, 0) is 5.41 Å². The maximum Gasteiger partial charge on any atom is 0.254 e. The molecule has 3 N–H and O–H groups in total. The fourth-order valence-electron chi connectivity index (χ4n) is 5.00. The number of rotatable bonds is 7. The van der Waals surface area contributed by atoms with Crippen LogP contribution >= 0.6 is 0 Å². The summed E-state index contributed by atoms with van der Waals surface area (Å²) < 4.78 is 6.11. The van der Waals surface area contributed by atoms with Crippen LogP contribution in [0.4, 0.5) is 0 Å². The quantitative estimate of drug-likeness (QED) is 0.624. The van der Waals surface area contributed by atoms with E-state index in [1.807, 2.05) is 24.3 Å². The van der Waals surface area contributed by atoms with E-state index in [4.69, 9.17) is 4.74 Å². The lowest BCUT2D eigenvalue weighted by Crippen LogP contribution is -2.32. The molecule has 0 saturated carbocycles. The molecule has 2 heterocycles. The summed E-state index contributed by atoms with van der Waals surface area (Å²) in [4.78, 5) is 25.8. The normalized spacial score (nSPS) is 20.3. The number of hydrogen-bond acceptors (Lipinski definition) is 4. The van der Waals surface area contributed by atoms with Crippen LogP contribution in [0, 0.1) is 5.92 Å². The Morgan fingerprint density at radius 3 is 2.56 bits per heavy atom. The number of amides is 2. The fourth-order valence-corrected chi connectivity index (χ4v) is 5.00. The monoisotopic (exact) mass is 435 g/mol. The first kappa shape index (κ1) is 22.3. The van der Waals surface area contributed by atoms with Crippen molar-refractivity contribution in [2.45, 2.75) is 38.0 Å². The second kappa shape index (κ2) is 9.74. The van der Waals surface area contributed by atoms with E-state index in [0.717, 1.165) is 49.9 Å². The second-order valence-corrected chi connectivity index (χ2v) is 8.81. The van der Waals surface area contributed by atoms with Crippen LogP contribution in [0.3, 0.4) is 0 Å². The number of fused-ring (bicyclic) bond motifs is 1. The molecule has 0 unspecified atom stereocenters. The maximum atomic E-state index is 13.1. The van der Waals surface area contributed by atoms with Gasteiger partial charge in [-0.2, -0.15) is 0 Å². The number of benzene rings is 2. The molecule has 6 heteroatoms. The Bertz CT molecular complexity index is 970. The summed E-state index contributed by atoms with van der Waals surface area (Å²) in [5, 5.41) is 9.14. The van der Waals surface area contributed by atoms with Crippen molar-refractivity contribution < 1.29 is 14.3 Å². The number of piperidine rings is 1. The molecule has 2 aromatic carbocycles. The van der Waals surface area contributed by atoms with Gasteiger partial charge in [-0.05, 0) is 62.4 Å². The molecule has 1 fully saturated rings. The Hall–Kier alpha value is -2.86. The van der Waals surface area contributed by atoms with E-state index in [0.29, 0.717) is 35.9 Å². The van der Waals surface area contributed by atoms with Crippen LogP contribution in [0.2, 0.25) is 0 Å². The van der Waals surface area contributed by atoms with Crippen LogP contribution in [-0.4, -0.2) is 45.1 Å². The molecular weight excluding hydrogens is 402 g/mol. The summed E-state index contributed by atoms with van der Waals surface area (Å²) in [5.41, 5.74) is 2.58. The molecular formula is C26H33N3O3. The lowest BCUT2D eigenvalue weighted by Gasteiger charge is -2.27. The molecule has 170 valence electrons. The van der Waals surface area contributed by atoms with Gasteiger partial charge in [-0.15, -0.1) is 0 Å². The van der Waals surface area contributed by atoms with Gasteiger partial charge in [0.05, 0.1) is 11.0 Å². The van der Waals surface area contributed by atoms with Crippen molar-refractivity contribution in [3.63, 3.8) is 0 Å². The molecule has 0 spiro atoms. The van der Waals surface area contributed by atoms with Gasteiger partial charge in [0, 0.05) is 24.7 Å². The van der Waals surface area contributed by atoms with Crippen LogP contribution in [0.1, 0.15) is 64.4 Å². The lowest BCUT2D eigenvalue weighted by atomic mass is 9.73. The van der Waals surface area contributed by atoms with Gasteiger partial charge in [-0.1, -0.05) is 37.3 Å². The molecule has 2 amide bonds. The third kappa shape index (κ3) is 4.24. The highest BCUT2D eigenvalue weighted by atomic mass is 16.5. The van der Waals surface area contributed by atoms with E-state index in [1.54, 1.807) is 13.1 Å². The van der Waals surface area contributed by atoms with Crippen molar-refractivity contribution in [3.8, 4) is 5.75 Å². The number of carbonyl (C=O) groups excluding carboxylic acids is 2. The van der Waals surface area contributed by atoms with Crippen molar-refractivity contribution in [1.82, 2.24) is 16.0 Å². The van der Waals surface area contributed by atoms with Crippen molar-refractivity contribution in [2.75, 3.05) is 33.3 Å². The minimum Gasteiger partial charge on any atom is -0.491 e. The smallest absolute Gasteiger partial charge is 0.254 e. The average molecular weight is 436 g/mol. The molecule has 2 aromatic rings. The molecule has 0 bridgehead atoms. The van der Waals surface area contributed by atoms with Gasteiger partial charge in [0.25, 0.3) is 11.8 Å². The molecule has 0 aromatic heterocycles. The number of nitrogens with one attached hydrogen (secondary N) is 3. The largest absolute Gasteiger partial charge is 0.491 e. The molecule has 0 aliphatic carbocycles. The first-order valence-electron chi connectivity index (χ1n) is 11.7. The lowest BCUT2D eigenvalue weighted by molar-refractivity contribution is 0.0950. The maximum absolute atomic E-state index is 13.1. The highest BCUT2D eigenvalue weighted by Gasteiger charge is 2.43. The zero-order chi connectivity index (χ0) is 22.6. The van der Waals surface area contributed by atoms with E-state index in [2.05, 4.69) is 35.0 Å². The second-order valence-electron chi connectivity index (χ2n) is 8.81. The molecule has 4 rings (SSSR count). The zero-order valence-electron chi connectivity index (χ0n) is 19.0. The van der Waals surface area contributed by atoms with Gasteiger partial charge in [0.15, 0.2) is 0 Å². The van der Waals surface area contributed by atoms with Crippen LogP contribution in [0.15, 0.2) is 42.5 Å². The van der Waals surface area contributed by atoms with Gasteiger partial charge in [0.1, 0.15) is 12.4 Å². The molecule has 2 aliphatic heterocycles. The van der Waals surface area contributed by atoms with Gasteiger partial charge in [0.2, 0.25) is 0 Å². The number of ether oxygens (including phenoxy) is 1. The van der Waals surface area contributed by atoms with Crippen molar-refractivity contribution in [1.29, 1.82) is 0 Å². The molecule has 6 nitrogen and oxygen atoms in total. The van der Waals surface area contributed by atoms with Crippen LogP contribution < -0.4 is 20.7 Å². The third-order valence-corrected chi connectivity index (χ3v) is 7.03. The number of carbonyl (C=O) groups is 2. The minimum atomic E-state index is -0.384. The number of hydrogen-bond donors (Lipinski definition) is 3. The van der Waals surface area contributed by atoms with E-state index in [-0.39, 0.29) is 17.2 Å². The Morgan fingerprint density at radius 2 is 1.88 bits per heavy atom. The van der Waals surface area contributed by atoms with Gasteiger partial charge < -0.3 is 20.7 Å². The predicted octanol–water partition coefficient (Wildman–Crippen LogP) is 3.25. The SMILES string of the molecule is CC[C@]1(c2ccccc2)COc2c(C(=O)NC)cc(C(=O)NCCC3CCNCC3)cc21. The average Bonchev–Trinajstić information content (AvgIpc) is 3.24. The highest BCUT2D eigenvalue weighted by molar-refractivity contribution is 6.02. The summed E-state index contributed by atoms with van der Waals surface area (Å²) in [6, 6.07) is 13.8. The first-order chi connectivity index (χ1) is 15.6. The Labute approximate surface area is 190 Å². The first-order valence-corrected chi connectivity index (χ1v) is 11.7. The summed E-state index contributed by atoms with van der Waals surface area (Å²) in [6.07, 6.45) is 4.09. The molecule has 0 radical (unpaired) electrons. The van der Waals surface area contributed by atoms with E-state index < -0.39 is 0 Å². The van der Waals surface area contributed by atoms with E-state index in [9.17, 15) is 9.59 Å². The standard InChI is InChI=1S/C26H33N3O3/c1-3-26(20-7-5-4-6-8-20)17-32-23-21(25(31)27-2)15-19(16-22(23)26)24(30)29-14-11-18-9-12-28-13-10-18/h4-8,15-16,18,28H,3,9-14,17H2,1-2H3,(H,27,31)(H,29,30)/t26-/m1/s1. The van der Waals surface area contributed by atoms with E-state index >= 15 is 0 Å². The van der Waals surface area contributed by atoms with Crippen molar-refractivity contribution in [3.05, 3.63) is 64.7 Å². The molecule has 1 atom stereocenters. The minimum absolute atomic E-state index is 0.142. The van der Waals surface area contributed by atoms with Crippen LogP contribution in [0.5, 0.6) is 5.75 Å². The fraction of sp³-hybridized carbons (Fsp3) is 0.462. The Kier molecular flexibility index (Phi) is 6.80. The zero-order valence-corrected chi connectivity index (χ0v) is 19.0. The predicted molar refractivity (Wildman–Crippen MR) is 125 cm³/mol. The van der Waals surface area contributed by atoms with Gasteiger partial charge in [-0.3, -0.25) is 9.59 Å². The van der Waals surface area contributed by atoms with Crippen LogP contribution in [0.25, 0.3) is 0 Å². The highest BCUT2D eigenvalue weighted by Crippen LogP contribution is 2.47. The molecule has 32 heavy (non-hydrogen) atoms. The summed E-state index contributed by atoms with van der Waals surface area (Å²) in [6.45, 7) is 5.32. The molecule has 2 aliphatic rings. The Balaban J connectivity index is 1.64. The van der Waals surface area contributed by atoms with Gasteiger partial charge in [-0.25, -0.2) is 0 Å². The topological polar surface area (TPSA) is 79.5 Å². The van der Waals surface area contributed by atoms with E-state index in [1.165, 1.54) is 0 Å². The third-order valence-electron chi connectivity index (χ3n) is 7.03. The summed E-state index contributed by atoms with van der Waals surface area (Å²) >= 11 is 0.